The first-order valence-corrected chi connectivity index (χ1v) is 11.2. The van der Waals surface area contributed by atoms with E-state index < -0.39 is 16.0 Å². The Labute approximate surface area is 167 Å². The summed E-state index contributed by atoms with van der Waals surface area (Å²) in [5.41, 5.74) is 1.11. The number of benzene rings is 1. The van der Waals surface area contributed by atoms with Gasteiger partial charge in [0.25, 0.3) is 0 Å². The molecule has 1 amide bonds. The lowest BCUT2D eigenvalue weighted by atomic mass is 9.99. The number of carbonyl (C=O) groups is 2. The fraction of sp³-hybridized carbons (Fsp3) is 0.600. The van der Waals surface area contributed by atoms with Crippen LogP contribution in [0.4, 0.5) is 0 Å². The normalized spacial score (nSPS) is 17.9. The third kappa shape index (κ3) is 5.54. The molecule has 7 nitrogen and oxygen atoms in total. The maximum atomic E-state index is 12.9. The molecule has 0 N–H and O–H groups in total. The van der Waals surface area contributed by atoms with Gasteiger partial charge in [-0.15, -0.1) is 0 Å². The van der Waals surface area contributed by atoms with Gasteiger partial charge in [-0.05, 0) is 42.4 Å². The number of carboxylic acid groups (broad SMARTS) is 1. The van der Waals surface area contributed by atoms with Crippen molar-refractivity contribution in [2.45, 2.75) is 50.8 Å². The van der Waals surface area contributed by atoms with Crippen LogP contribution in [0.25, 0.3) is 0 Å². The van der Waals surface area contributed by atoms with E-state index in [1.54, 1.807) is 24.0 Å². The van der Waals surface area contributed by atoms with Gasteiger partial charge >= 0.3 is 0 Å². The molecule has 1 fully saturated rings. The summed E-state index contributed by atoms with van der Waals surface area (Å²) in [6, 6.07) is 7.02. The van der Waals surface area contributed by atoms with Crippen LogP contribution in [-0.2, 0) is 19.6 Å². The van der Waals surface area contributed by atoms with Gasteiger partial charge in [0.05, 0.1) is 4.90 Å². The van der Waals surface area contributed by atoms with E-state index >= 15 is 0 Å². The first kappa shape index (κ1) is 22.4. The highest BCUT2D eigenvalue weighted by molar-refractivity contribution is 7.89. The first-order valence-electron chi connectivity index (χ1n) is 9.72. The SMILES string of the molecule is CC[C@H](C)c1ccc(S(=O)(=O)N2CCN(C(=O)C[C@H](C)CC(=O)[O-])CC2)cc1. The zero-order valence-electron chi connectivity index (χ0n) is 16.8. The van der Waals surface area contributed by atoms with Crippen molar-refractivity contribution in [3.05, 3.63) is 29.8 Å². The average Bonchev–Trinajstić information content (AvgIpc) is 2.66. The summed E-state index contributed by atoms with van der Waals surface area (Å²) in [5.74, 6) is -1.24. The molecule has 0 unspecified atom stereocenters. The Bertz CT molecular complexity index is 783. The third-order valence-corrected chi connectivity index (χ3v) is 7.24. The number of hydrogen-bond donors (Lipinski definition) is 0. The van der Waals surface area contributed by atoms with Crippen molar-refractivity contribution in [3.63, 3.8) is 0 Å². The second-order valence-electron chi connectivity index (χ2n) is 7.55. The summed E-state index contributed by atoms with van der Waals surface area (Å²) in [6.07, 6.45) is 0.953. The minimum absolute atomic E-state index is 0.123. The lowest BCUT2D eigenvalue weighted by Crippen LogP contribution is -2.50. The molecular formula is C20H29N2O5S-. The Morgan fingerprint density at radius 1 is 1.04 bits per heavy atom. The average molecular weight is 410 g/mol. The van der Waals surface area contributed by atoms with Gasteiger partial charge in [0.15, 0.2) is 0 Å². The molecule has 0 saturated carbocycles. The molecule has 2 rings (SSSR count). The second kappa shape index (κ2) is 9.52. The van der Waals surface area contributed by atoms with Crippen LogP contribution in [-0.4, -0.2) is 55.7 Å². The van der Waals surface area contributed by atoms with Crippen LogP contribution in [0.3, 0.4) is 0 Å². The van der Waals surface area contributed by atoms with E-state index in [1.807, 2.05) is 12.1 Å². The smallest absolute Gasteiger partial charge is 0.243 e. The van der Waals surface area contributed by atoms with Crippen molar-refractivity contribution in [1.29, 1.82) is 0 Å². The van der Waals surface area contributed by atoms with Gasteiger partial charge in [0.2, 0.25) is 15.9 Å². The van der Waals surface area contributed by atoms with Gasteiger partial charge in [-0.25, -0.2) is 8.42 Å². The summed E-state index contributed by atoms with van der Waals surface area (Å²) in [5, 5.41) is 10.6. The highest BCUT2D eigenvalue weighted by Gasteiger charge is 2.30. The number of carboxylic acids is 1. The molecule has 0 aliphatic carbocycles. The first-order chi connectivity index (χ1) is 13.1. The molecule has 1 aromatic rings. The zero-order valence-corrected chi connectivity index (χ0v) is 17.6. The van der Waals surface area contributed by atoms with Crippen LogP contribution in [0, 0.1) is 5.92 Å². The molecule has 8 heteroatoms. The van der Waals surface area contributed by atoms with Crippen molar-refractivity contribution in [2.24, 2.45) is 5.92 Å². The molecule has 0 aromatic heterocycles. The second-order valence-corrected chi connectivity index (χ2v) is 9.49. The Morgan fingerprint density at radius 2 is 1.61 bits per heavy atom. The Kier molecular flexibility index (Phi) is 7.60. The molecule has 156 valence electrons. The standard InChI is InChI=1S/C20H30N2O5S/c1-4-16(3)17-5-7-18(8-6-17)28(26,27)22-11-9-21(10-12-22)19(23)13-15(2)14-20(24)25/h5-8,15-16H,4,9-14H2,1-3H3,(H,24,25)/p-1/t15-,16-/m0/s1. The molecule has 0 spiro atoms. The number of nitrogens with zero attached hydrogens (tertiary/aromatic N) is 2. The van der Waals surface area contributed by atoms with Gasteiger partial charge in [-0.2, -0.15) is 4.31 Å². The minimum Gasteiger partial charge on any atom is -0.550 e. The number of sulfonamides is 1. The minimum atomic E-state index is -3.59. The summed E-state index contributed by atoms with van der Waals surface area (Å²) in [7, 11) is -3.59. The highest BCUT2D eigenvalue weighted by atomic mass is 32.2. The van der Waals surface area contributed by atoms with Crippen LogP contribution in [0.5, 0.6) is 0 Å². The van der Waals surface area contributed by atoms with Crippen LogP contribution in [0.15, 0.2) is 29.2 Å². The number of hydrogen-bond acceptors (Lipinski definition) is 5. The largest absolute Gasteiger partial charge is 0.550 e. The summed E-state index contributed by atoms with van der Waals surface area (Å²) in [4.78, 5) is 24.8. The van der Waals surface area contributed by atoms with E-state index in [0.29, 0.717) is 19.0 Å². The van der Waals surface area contributed by atoms with E-state index in [2.05, 4.69) is 13.8 Å². The number of aliphatic carboxylic acids is 1. The van der Waals surface area contributed by atoms with Gasteiger partial charge in [0.1, 0.15) is 0 Å². The fourth-order valence-corrected chi connectivity index (χ4v) is 4.74. The van der Waals surface area contributed by atoms with E-state index in [0.717, 1.165) is 12.0 Å². The maximum Gasteiger partial charge on any atom is 0.243 e. The Morgan fingerprint density at radius 3 is 2.11 bits per heavy atom. The van der Waals surface area contributed by atoms with Gasteiger partial charge < -0.3 is 14.8 Å². The monoisotopic (exact) mass is 409 g/mol. The van der Waals surface area contributed by atoms with Crippen LogP contribution in [0.1, 0.15) is 51.5 Å². The molecule has 28 heavy (non-hydrogen) atoms. The van der Waals surface area contributed by atoms with Crippen molar-refractivity contribution in [1.82, 2.24) is 9.21 Å². The van der Waals surface area contributed by atoms with Crippen LogP contribution < -0.4 is 5.11 Å². The van der Waals surface area contributed by atoms with Gasteiger partial charge in [0, 0.05) is 38.6 Å². The number of carbonyl (C=O) groups excluding carboxylic acids is 2. The van der Waals surface area contributed by atoms with Crippen LogP contribution in [0.2, 0.25) is 0 Å². The van der Waals surface area contributed by atoms with Crippen LogP contribution >= 0.6 is 0 Å². The van der Waals surface area contributed by atoms with Gasteiger partial charge in [-0.1, -0.05) is 32.9 Å². The van der Waals surface area contributed by atoms with Crippen molar-refractivity contribution in [2.75, 3.05) is 26.2 Å². The van der Waals surface area contributed by atoms with E-state index in [4.69, 9.17) is 0 Å². The fourth-order valence-electron chi connectivity index (χ4n) is 3.31. The highest BCUT2D eigenvalue weighted by Crippen LogP contribution is 2.23. The van der Waals surface area contributed by atoms with E-state index in [1.165, 1.54) is 4.31 Å². The molecule has 1 aromatic carbocycles. The number of piperazine rings is 1. The molecule has 0 bridgehead atoms. The molecule has 1 saturated heterocycles. The Balaban J connectivity index is 1.96. The van der Waals surface area contributed by atoms with Gasteiger partial charge in [-0.3, -0.25) is 4.79 Å². The molecule has 1 aliphatic rings. The molecule has 0 radical (unpaired) electrons. The molecule has 2 atom stereocenters. The summed E-state index contributed by atoms with van der Waals surface area (Å²) < 4.78 is 27.1. The predicted molar refractivity (Wildman–Crippen MR) is 104 cm³/mol. The van der Waals surface area contributed by atoms with Crippen molar-refractivity contribution in [3.8, 4) is 0 Å². The number of rotatable bonds is 8. The summed E-state index contributed by atoms with van der Waals surface area (Å²) >= 11 is 0. The molecule has 1 heterocycles. The maximum absolute atomic E-state index is 12.9. The zero-order chi connectivity index (χ0) is 20.9. The number of amides is 1. The summed E-state index contributed by atoms with van der Waals surface area (Å²) in [6.45, 7) is 6.97. The van der Waals surface area contributed by atoms with E-state index in [-0.39, 0.29) is 42.7 Å². The topological polar surface area (TPSA) is 97.8 Å². The molecular weight excluding hydrogens is 380 g/mol. The third-order valence-electron chi connectivity index (χ3n) is 5.33. The predicted octanol–water partition coefficient (Wildman–Crippen LogP) is 1.20. The lowest BCUT2D eigenvalue weighted by Gasteiger charge is -2.34. The molecule has 1 aliphatic heterocycles. The lowest BCUT2D eigenvalue weighted by molar-refractivity contribution is -0.306. The van der Waals surface area contributed by atoms with Crippen molar-refractivity contribution < 1.29 is 23.1 Å². The quantitative estimate of drug-likeness (QED) is 0.643. The van der Waals surface area contributed by atoms with Crippen molar-refractivity contribution >= 4 is 21.9 Å². The Hall–Kier alpha value is -1.93. The van der Waals surface area contributed by atoms with E-state index in [9.17, 15) is 23.1 Å².